The molecule has 3 unspecified atom stereocenters. The molecule has 1 saturated heterocycles. The number of alkyl halides is 1. The summed E-state index contributed by atoms with van der Waals surface area (Å²) in [5.74, 6) is 0.642. The smallest absolute Gasteiger partial charge is 0.0388 e. The molecule has 1 heterocycles. The molecule has 1 fully saturated rings. The number of rotatable bonds is 0. The van der Waals surface area contributed by atoms with Gasteiger partial charge in [-0.3, -0.25) is 0 Å². The Balaban J connectivity index is 2.35. The number of hydrogen-bond donors (Lipinski definition) is 1. The third kappa shape index (κ3) is 1.84. The van der Waals surface area contributed by atoms with Crippen molar-refractivity contribution in [1.82, 2.24) is 5.32 Å². The Hall–Kier alpha value is 0.250. The van der Waals surface area contributed by atoms with Crippen molar-refractivity contribution in [1.29, 1.82) is 0 Å². The Labute approximate surface area is 61.8 Å². The van der Waals surface area contributed by atoms with Gasteiger partial charge in [-0.25, -0.2) is 0 Å². The molecule has 2 heteroatoms. The lowest BCUT2D eigenvalue weighted by atomic mass is 9.97. The van der Waals surface area contributed by atoms with Gasteiger partial charge >= 0.3 is 0 Å². The van der Waals surface area contributed by atoms with Crippen LogP contribution in [0, 0.1) is 5.92 Å². The first-order valence-electron chi connectivity index (χ1n) is 3.57. The molecule has 1 N–H and O–H groups in total. The number of piperidine rings is 1. The SMILES string of the molecule is CC1CC(Cl)C(C)CN1. The van der Waals surface area contributed by atoms with Crippen molar-refractivity contribution in [3.63, 3.8) is 0 Å². The highest BCUT2D eigenvalue weighted by molar-refractivity contribution is 6.20. The van der Waals surface area contributed by atoms with Crippen molar-refractivity contribution >= 4 is 11.6 Å². The quantitative estimate of drug-likeness (QED) is 0.514. The third-order valence-corrected chi connectivity index (χ3v) is 2.59. The normalized spacial score (nSPS) is 45.0. The summed E-state index contributed by atoms with van der Waals surface area (Å²) in [7, 11) is 0. The monoisotopic (exact) mass is 147 g/mol. The van der Waals surface area contributed by atoms with Crippen LogP contribution in [-0.2, 0) is 0 Å². The van der Waals surface area contributed by atoms with Crippen molar-refractivity contribution < 1.29 is 0 Å². The minimum atomic E-state index is 0.390. The van der Waals surface area contributed by atoms with Crippen LogP contribution in [-0.4, -0.2) is 18.0 Å². The summed E-state index contributed by atoms with van der Waals surface area (Å²) in [5, 5.41) is 3.77. The highest BCUT2D eigenvalue weighted by Gasteiger charge is 2.22. The third-order valence-electron chi connectivity index (χ3n) is 1.98. The molecule has 9 heavy (non-hydrogen) atoms. The Morgan fingerprint density at radius 1 is 1.44 bits per heavy atom. The molecule has 0 aliphatic carbocycles. The van der Waals surface area contributed by atoms with Gasteiger partial charge in [0, 0.05) is 11.4 Å². The van der Waals surface area contributed by atoms with Crippen LogP contribution in [0.4, 0.5) is 0 Å². The summed E-state index contributed by atoms with van der Waals surface area (Å²) in [6.07, 6.45) is 1.11. The van der Waals surface area contributed by atoms with E-state index >= 15 is 0 Å². The topological polar surface area (TPSA) is 12.0 Å². The minimum absolute atomic E-state index is 0.390. The zero-order chi connectivity index (χ0) is 6.85. The van der Waals surface area contributed by atoms with Crippen LogP contribution >= 0.6 is 11.6 Å². The summed E-state index contributed by atoms with van der Waals surface area (Å²) in [6, 6.07) is 0.615. The van der Waals surface area contributed by atoms with Gasteiger partial charge in [0.1, 0.15) is 0 Å². The zero-order valence-corrected chi connectivity index (χ0v) is 6.78. The van der Waals surface area contributed by atoms with E-state index in [0.717, 1.165) is 13.0 Å². The summed E-state index contributed by atoms with van der Waals surface area (Å²) in [5.41, 5.74) is 0. The molecule has 0 radical (unpaired) electrons. The molecule has 1 aliphatic rings. The van der Waals surface area contributed by atoms with Gasteiger partial charge < -0.3 is 5.32 Å². The molecule has 3 atom stereocenters. The fourth-order valence-electron chi connectivity index (χ4n) is 1.17. The fourth-order valence-corrected chi connectivity index (χ4v) is 1.52. The van der Waals surface area contributed by atoms with Crippen molar-refractivity contribution in [2.45, 2.75) is 31.7 Å². The standard InChI is InChI=1S/C7H14ClN/c1-5-4-9-6(2)3-7(5)8/h5-7,9H,3-4H2,1-2H3. The molecule has 0 aromatic carbocycles. The van der Waals surface area contributed by atoms with Gasteiger partial charge in [0.2, 0.25) is 0 Å². The predicted molar refractivity (Wildman–Crippen MR) is 40.9 cm³/mol. The van der Waals surface area contributed by atoms with Crippen LogP contribution in [0.3, 0.4) is 0 Å². The molecular weight excluding hydrogens is 134 g/mol. The second-order valence-electron chi connectivity index (χ2n) is 3.04. The van der Waals surface area contributed by atoms with Gasteiger partial charge in [0.05, 0.1) is 0 Å². The van der Waals surface area contributed by atoms with Crippen molar-refractivity contribution in [3.05, 3.63) is 0 Å². The van der Waals surface area contributed by atoms with Gasteiger partial charge in [-0.05, 0) is 25.8 Å². The summed E-state index contributed by atoms with van der Waals surface area (Å²) < 4.78 is 0. The Bertz CT molecular complexity index is 94.9. The molecular formula is C7H14ClN. The Morgan fingerprint density at radius 3 is 2.56 bits per heavy atom. The maximum atomic E-state index is 6.02. The highest BCUT2D eigenvalue weighted by atomic mass is 35.5. The Kier molecular flexibility index (Phi) is 2.36. The summed E-state index contributed by atoms with van der Waals surface area (Å²) in [6.45, 7) is 5.45. The van der Waals surface area contributed by atoms with Crippen molar-refractivity contribution in [2.24, 2.45) is 5.92 Å². The number of hydrogen-bond acceptors (Lipinski definition) is 1. The van der Waals surface area contributed by atoms with Crippen LogP contribution in [0.25, 0.3) is 0 Å². The second-order valence-corrected chi connectivity index (χ2v) is 3.60. The van der Waals surface area contributed by atoms with E-state index in [1.54, 1.807) is 0 Å². The van der Waals surface area contributed by atoms with Crippen molar-refractivity contribution in [2.75, 3.05) is 6.54 Å². The van der Waals surface area contributed by atoms with Crippen LogP contribution in [0.5, 0.6) is 0 Å². The second kappa shape index (κ2) is 2.89. The molecule has 0 bridgehead atoms. The minimum Gasteiger partial charge on any atom is -0.314 e. The maximum Gasteiger partial charge on any atom is 0.0388 e. The molecule has 0 saturated carbocycles. The average molecular weight is 148 g/mol. The van der Waals surface area contributed by atoms with Crippen LogP contribution in [0.15, 0.2) is 0 Å². The first-order chi connectivity index (χ1) is 4.20. The maximum absolute atomic E-state index is 6.02. The van der Waals surface area contributed by atoms with E-state index in [1.807, 2.05) is 0 Å². The molecule has 1 nitrogen and oxygen atoms in total. The Morgan fingerprint density at radius 2 is 2.11 bits per heavy atom. The highest BCUT2D eigenvalue weighted by Crippen LogP contribution is 2.19. The van der Waals surface area contributed by atoms with Crippen LogP contribution in [0.1, 0.15) is 20.3 Å². The molecule has 1 rings (SSSR count). The van der Waals surface area contributed by atoms with Crippen LogP contribution in [0.2, 0.25) is 0 Å². The first-order valence-corrected chi connectivity index (χ1v) is 4.01. The lowest BCUT2D eigenvalue weighted by molar-refractivity contribution is 0.349. The van der Waals surface area contributed by atoms with E-state index < -0.39 is 0 Å². The zero-order valence-electron chi connectivity index (χ0n) is 6.02. The molecule has 54 valence electrons. The number of nitrogens with one attached hydrogen (secondary N) is 1. The lowest BCUT2D eigenvalue weighted by Crippen LogP contribution is -2.41. The summed E-state index contributed by atoms with van der Waals surface area (Å²) in [4.78, 5) is 0. The number of halogens is 1. The fraction of sp³-hybridized carbons (Fsp3) is 1.00. The predicted octanol–water partition coefficient (Wildman–Crippen LogP) is 1.61. The molecule has 1 aliphatic heterocycles. The van der Waals surface area contributed by atoms with E-state index in [0.29, 0.717) is 17.3 Å². The van der Waals surface area contributed by atoms with E-state index in [-0.39, 0.29) is 0 Å². The molecule has 0 amide bonds. The largest absolute Gasteiger partial charge is 0.314 e. The van der Waals surface area contributed by atoms with E-state index in [1.165, 1.54) is 0 Å². The lowest BCUT2D eigenvalue weighted by Gasteiger charge is -2.29. The van der Waals surface area contributed by atoms with E-state index in [2.05, 4.69) is 19.2 Å². The first kappa shape index (κ1) is 7.36. The molecule has 0 aromatic rings. The van der Waals surface area contributed by atoms with Crippen LogP contribution < -0.4 is 5.32 Å². The van der Waals surface area contributed by atoms with Gasteiger partial charge in [-0.2, -0.15) is 0 Å². The van der Waals surface area contributed by atoms with Gasteiger partial charge in [-0.15, -0.1) is 11.6 Å². The van der Waals surface area contributed by atoms with Gasteiger partial charge in [0.15, 0.2) is 0 Å². The van der Waals surface area contributed by atoms with Gasteiger partial charge in [-0.1, -0.05) is 6.92 Å². The summed E-state index contributed by atoms with van der Waals surface area (Å²) >= 11 is 6.02. The van der Waals surface area contributed by atoms with E-state index in [4.69, 9.17) is 11.6 Å². The van der Waals surface area contributed by atoms with Gasteiger partial charge in [0.25, 0.3) is 0 Å². The molecule has 0 spiro atoms. The molecule has 0 aromatic heterocycles. The van der Waals surface area contributed by atoms with E-state index in [9.17, 15) is 0 Å². The van der Waals surface area contributed by atoms with Crippen molar-refractivity contribution in [3.8, 4) is 0 Å². The average Bonchev–Trinajstić information content (AvgIpc) is 1.80.